The van der Waals surface area contributed by atoms with Crippen molar-refractivity contribution >= 4 is 23.4 Å². The predicted octanol–water partition coefficient (Wildman–Crippen LogP) is 3.27. The van der Waals surface area contributed by atoms with Gasteiger partial charge in [0.2, 0.25) is 6.79 Å². The molecule has 2 aromatic rings. The maximum Gasteiger partial charge on any atom is 0.338 e. The van der Waals surface area contributed by atoms with Crippen molar-refractivity contribution in [2.45, 2.75) is 6.42 Å². The first-order valence-corrected chi connectivity index (χ1v) is 8.69. The third-order valence-electron chi connectivity index (χ3n) is 4.07. The summed E-state index contributed by atoms with van der Waals surface area (Å²) in [7, 11) is 0. The standard InChI is InChI=1S/C19H15ClO7/c20-13-6-12(8-17-18(13)24-5-1-4-23-17)19(22)25-9-14(21)11-2-3-15-16(7-11)27-10-26-15/h2-3,6-8H,1,4-5,9-10H2. The number of hydrogen-bond donors (Lipinski definition) is 0. The molecule has 140 valence electrons. The van der Waals surface area contributed by atoms with E-state index in [1.54, 1.807) is 18.2 Å². The molecule has 0 bridgehead atoms. The fraction of sp³-hybridized carbons (Fsp3) is 0.263. The van der Waals surface area contributed by atoms with Crippen LogP contribution in [0.4, 0.5) is 0 Å². The molecule has 0 saturated carbocycles. The Morgan fingerprint density at radius 1 is 0.926 bits per heavy atom. The second kappa shape index (κ2) is 7.36. The number of ketones is 1. The number of carbonyl (C=O) groups is 2. The van der Waals surface area contributed by atoms with Gasteiger partial charge >= 0.3 is 5.97 Å². The fourth-order valence-corrected chi connectivity index (χ4v) is 2.98. The largest absolute Gasteiger partial charge is 0.489 e. The Balaban J connectivity index is 1.44. The summed E-state index contributed by atoms with van der Waals surface area (Å²) in [6.45, 7) is 0.655. The van der Waals surface area contributed by atoms with E-state index in [0.29, 0.717) is 41.8 Å². The number of carbonyl (C=O) groups excluding carboxylic acids is 2. The smallest absolute Gasteiger partial charge is 0.338 e. The van der Waals surface area contributed by atoms with Crippen LogP contribution in [0.3, 0.4) is 0 Å². The summed E-state index contributed by atoms with van der Waals surface area (Å²) < 4.78 is 26.6. The number of ether oxygens (including phenoxy) is 5. The lowest BCUT2D eigenvalue weighted by Crippen LogP contribution is -2.14. The highest BCUT2D eigenvalue weighted by Gasteiger charge is 2.21. The number of fused-ring (bicyclic) bond motifs is 2. The van der Waals surface area contributed by atoms with Crippen molar-refractivity contribution in [3.63, 3.8) is 0 Å². The van der Waals surface area contributed by atoms with E-state index < -0.39 is 12.6 Å². The van der Waals surface area contributed by atoms with Gasteiger partial charge in [0, 0.05) is 12.0 Å². The molecule has 0 spiro atoms. The van der Waals surface area contributed by atoms with Crippen molar-refractivity contribution in [3.05, 3.63) is 46.5 Å². The first kappa shape index (κ1) is 17.5. The minimum absolute atomic E-state index is 0.118. The van der Waals surface area contributed by atoms with E-state index in [-0.39, 0.29) is 23.2 Å². The van der Waals surface area contributed by atoms with Crippen LogP contribution < -0.4 is 18.9 Å². The molecule has 0 saturated heterocycles. The van der Waals surface area contributed by atoms with Gasteiger partial charge in [0.1, 0.15) is 0 Å². The van der Waals surface area contributed by atoms with Gasteiger partial charge in [-0.25, -0.2) is 4.79 Å². The molecule has 2 aliphatic heterocycles. The molecule has 4 rings (SSSR count). The summed E-state index contributed by atoms with van der Waals surface area (Å²) in [5.41, 5.74) is 0.548. The van der Waals surface area contributed by atoms with E-state index in [9.17, 15) is 9.59 Å². The Morgan fingerprint density at radius 3 is 2.59 bits per heavy atom. The summed E-state index contributed by atoms with van der Waals surface area (Å²) >= 11 is 6.17. The Labute approximate surface area is 159 Å². The Bertz CT molecular complexity index is 909. The highest BCUT2D eigenvalue weighted by Crippen LogP contribution is 2.38. The van der Waals surface area contributed by atoms with Gasteiger partial charge in [-0.15, -0.1) is 0 Å². The number of rotatable bonds is 4. The van der Waals surface area contributed by atoms with E-state index in [0.717, 1.165) is 6.42 Å². The topological polar surface area (TPSA) is 80.3 Å². The van der Waals surface area contributed by atoms with Gasteiger partial charge in [0.05, 0.1) is 23.8 Å². The molecule has 0 N–H and O–H groups in total. The average Bonchev–Trinajstić information content (AvgIpc) is 3.01. The van der Waals surface area contributed by atoms with Crippen molar-refractivity contribution in [2.75, 3.05) is 26.6 Å². The van der Waals surface area contributed by atoms with Crippen LogP contribution in [0.1, 0.15) is 27.1 Å². The highest BCUT2D eigenvalue weighted by molar-refractivity contribution is 6.32. The maximum absolute atomic E-state index is 12.3. The molecule has 2 heterocycles. The lowest BCUT2D eigenvalue weighted by atomic mass is 10.1. The maximum atomic E-state index is 12.3. The average molecular weight is 391 g/mol. The Morgan fingerprint density at radius 2 is 1.70 bits per heavy atom. The Kier molecular flexibility index (Phi) is 4.77. The minimum Gasteiger partial charge on any atom is -0.489 e. The zero-order valence-electron chi connectivity index (χ0n) is 14.2. The van der Waals surface area contributed by atoms with E-state index in [1.807, 2.05) is 0 Å². The van der Waals surface area contributed by atoms with Gasteiger partial charge in [0.25, 0.3) is 0 Å². The molecule has 27 heavy (non-hydrogen) atoms. The SMILES string of the molecule is O=C(COC(=O)c1cc(Cl)c2c(c1)OCCCO2)c1ccc2c(c1)OCO2. The first-order chi connectivity index (χ1) is 13.1. The second-order valence-electron chi connectivity index (χ2n) is 5.90. The van der Waals surface area contributed by atoms with Crippen molar-refractivity contribution in [1.82, 2.24) is 0 Å². The minimum atomic E-state index is -0.679. The molecule has 2 aliphatic rings. The van der Waals surface area contributed by atoms with Gasteiger partial charge in [-0.05, 0) is 30.3 Å². The third-order valence-corrected chi connectivity index (χ3v) is 4.35. The number of halogens is 1. The molecule has 0 fully saturated rings. The molecule has 8 heteroatoms. The third kappa shape index (κ3) is 3.64. The monoisotopic (exact) mass is 390 g/mol. The second-order valence-corrected chi connectivity index (χ2v) is 6.31. The molecule has 0 unspecified atom stereocenters. The van der Waals surface area contributed by atoms with Crippen LogP contribution >= 0.6 is 11.6 Å². The zero-order valence-corrected chi connectivity index (χ0v) is 14.9. The van der Waals surface area contributed by atoms with Crippen LogP contribution in [0, 0.1) is 0 Å². The summed E-state index contributed by atoms with van der Waals surface area (Å²) in [5, 5.41) is 0.253. The molecule has 2 aromatic carbocycles. The lowest BCUT2D eigenvalue weighted by Gasteiger charge is -2.11. The van der Waals surface area contributed by atoms with Gasteiger partial charge in [-0.1, -0.05) is 11.6 Å². The van der Waals surface area contributed by atoms with Crippen LogP contribution in [0.2, 0.25) is 5.02 Å². The van der Waals surface area contributed by atoms with E-state index in [2.05, 4.69) is 0 Å². The predicted molar refractivity (Wildman–Crippen MR) is 94.2 cm³/mol. The van der Waals surface area contributed by atoms with Crippen molar-refractivity contribution in [2.24, 2.45) is 0 Å². The lowest BCUT2D eigenvalue weighted by molar-refractivity contribution is 0.0474. The Hall–Kier alpha value is -2.93. The first-order valence-electron chi connectivity index (χ1n) is 8.31. The summed E-state index contributed by atoms with van der Waals surface area (Å²) in [5.74, 6) is 0.812. The van der Waals surface area contributed by atoms with E-state index >= 15 is 0 Å². The van der Waals surface area contributed by atoms with Gasteiger partial charge in [0.15, 0.2) is 35.4 Å². The van der Waals surface area contributed by atoms with Gasteiger partial charge in [-0.3, -0.25) is 4.79 Å². The molecule has 0 aliphatic carbocycles. The number of hydrogen-bond acceptors (Lipinski definition) is 7. The highest BCUT2D eigenvalue weighted by atomic mass is 35.5. The zero-order chi connectivity index (χ0) is 18.8. The normalized spacial score (nSPS) is 14.4. The summed E-state index contributed by atoms with van der Waals surface area (Å²) in [6.07, 6.45) is 0.717. The van der Waals surface area contributed by atoms with Gasteiger partial charge < -0.3 is 23.7 Å². The number of benzene rings is 2. The molecule has 0 atom stereocenters. The van der Waals surface area contributed by atoms with Gasteiger partial charge in [-0.2, -0.15) is 0 Å². The molecule has 0 radical (unpaired) electrons. The summed E-state index contributed by atoms with van der Waals surface area (Å²) in [6, 6.07) is 7.72. The fourth-order valence-electron chi connectivity index (χ4n) is 2.72. The van der Waals surface area contributed by atoms with Crippen molar-refractivity contribution < 1.29 is 33.3 Å². The van der Waals surface area contributed by atoms with Crippen LogP contribution in [-0.2, 0) is 4.74 Å². The van der Waals surface area contributed by atoms with Crippen LogP contribution in [0.15, 0.2) is 30.3 Å². The van der Waals surface area contributed by atoms with Crippen molar-refractivity contribution in [1.29, 1.82) is 0 Å². The van der Waals surface area contributed by atoms with Crippen molar-refractivity contribution in [3.8, 4) is 23.0 Å². The van der Waals surface area contributed by atoms with Crippen LogP contribution in [-0.4, -0.2) is 38.4 Å². The van der Waals surface area contributed by atoms with Crippen LogP contribution in [0.25, 0.3) is 0 Å². The number of esters is 1. The molecule has 7 nitrogen and oxygen atoms in total. The molecular formula is C19H15ClO7. The van der Waals surface area contributed by atoms with E-state index in [4.69, 9.17) is 35.3 Å². The quantitative estimate of drug-likeness (QED) is 0.585. The van der Waals surface area contributed by atoms with Crippen LogP contribution in [0.5, 0.6) is 23.0 Å². The summed E-state index contributed by atoms with van der Waals surface area (Å²) in [4.78, 5) is 24.6. The number of Topliss-reactive ketones (excluding diaryl/α,β-unsaturated/α-hetero) is 1. The molecule has 0 aromatic heterocycles. The molecular weight excluding hydrogens is 376 g/mol. The van der Waals surface area contributed by atoms with E-state index in [1.165, 1.54) is 12.1 Å². The molecule has 0 amide bonds.